The minimum atomic E-state index is -0.568. The van der Waals surface area contributed by atoms with Gasteiger partial charge in [-0.2, -0.15) is 11.3 Å². The minimum absolute atomic E-state index is 0.568. The Bertz CT molecular complexity index is 550. The third kappa shape index (κ3) is 2.53. The lowest BCUT2D eigenvalue weighted by Crippen LogP contribution is -2.37. The Kier molecular flexibility index (Phi) is 3.31. The average molecular weight is 323 g/mol. The first kappa shape index (κ1) is 12.4. The summed E-state index contributed by atoms with van der Waals surface area (Å²) in [7, 11) is 0. The molecular weight excluding hydrogens is 308 g/mol. The zero-order valence-electron chi connectivity index (χ0n) is 10.0. The smallest absolute Gasteiger partial charge is 0.0731 e. The van der Waals surface area contributed by atoms with Crippen molar-refractivity contribution in [2.45, 2.75) is 31.3 Å². The summed E-state index contributed by atoms with van der Waals surface area (Å²) in [5.41, 5.74) is 3.35. The molecule has 1 nitrogen and oxygen atoms in total. The molecule has 2 aromatic rings. The number of hydrogen-bond acceptors (Lipinski definition) is 2. The lowest BCUT2D eigenvalue weighted by Gasteiger charge is -2.33. The third-order valence-electron chi connectivity index (χ3n) is 3.66. The first-order valence-corrected chi connectivity index (χ1v) is 7.89. The van der Waals surface area contributed by atoms with Gasteiger partial charge < -0.3 is 5.11 Å². The van der Waals surface area contributed by atoms with E-state index in [1.165, 1.54) is 16.7 Å². The van der Waals surface area contributed by atoms with Crippen LogP contribution in [0.3, 0.4) is 0 Å². The molecule has 1 N–H and O–H groups in total. The van der Waals surface area contributed by atoms with Crippen LogP contribution in [-0.4, -0.2) is 10.7 Å². The highest BCUT2D eigenvalue weighted by Crippen LogP contribution is 2.33. The summed E-state index contributed by atoms with van der Waals surface area (Å²) < 4.78 is 1.13. The van der Waals surface area contributed by atoms with Crippen LogP contribution < -0.4 is 0 Å². The predicted octanol–water partition coefficient (Wildman–Crippen LogP) is 3.97. The number of aryl methyl sites for hydroxylation is 1. The summed E-state index contributed by atoms with van der Waals surface area (Å²) in [6, 6.07) is 8.49. The van der Waals surface area contributed by atoms with Gasteiger partial charge in [0.05, 0.1) is 5.60 Å². The SMILES string of the molecule is OC1(Cc2ccsc2)CCc2cc(Br)ccc2C1. The topological polar surface area (TPSA) is 20.2 Å². The van der Waals surface area contributed by atoms with E-state index in [1.54, 1.807) is 11.3 Å². The van der Waals surface area contributed by atoms with E-state index in [0.717, 1.165) is 30.2 Å². The van der Waals surface area contributed by atoms with Gasteiger partial charge in [0.1, 0.15) is 0 Å². The Hall–Kier alpha value is -0.640. The van der Waals surface area contributed by atoms with Gasteiger partial charge in [-0.05, 0) is 58.5 Å². The second-order valence-electron chi connectivity index (χ2n) is 5.12. The fourth-order valence-electron chi connectivity index (χ4n) is 2.73. The fourth-order valence-corrected chi connectivity index (χ4v) is 3.81. The molecule has 0 saturated carbocycles. The summed E-state index contributed by atoms with van der Waals surface area (Å²) in [5.74, 6) is 0. The fraction of sp³-hybridized carbons (Fsp3) is 0.333. The van der Waals surface area contributed by atoms with Crippen molar-refractivity contribution < 1.29 is 5.11 Å². The molecule has 94 valence electrons. The van der Waals surface area contributed by atoms with E-state index < -0.39 is 5.60 Å². The highest BCUT2D eigenvalue weighted by molar-refractivity contribution is 9.10. The summed E-state index contributed by atoms with van der Waals surface area (Å²) in [6.45, 7) is 0. The number of halogens is 1. The van der Waals surface area contributed by atoms with E-state index in [0.29, 0.717) is 0 Å². The molecule has 0 saturated heterocycles. The zero-order valence-corrected chi connectivity index (χ0v) is 12.4. The number of hydrogen-bond donors (Lipinski definition) is 1. The van der Waals surface area contributed by atoms with Crippen molar-refractivity contribution in [3.8, 4) is 0 Å². The van der Waals surface area contributed by atoms with Crippen LogP contribution in [0.4, 0.5) is 0 Å². The quantitative estimate of drug-likeness (QED) is 0.886. The molecule has 3 heteroatoms. The van der Waals surface area contributed by atoms with Gasteiger partial charge in [0.25, 0.3) is 0 Å². The number of benzene rings is 1. The van der Waals surface area contributed by atoms with E-state index in [-0.39, 0.29) is 0 Å². The molecule has 18 heavy (non-hydrogen) atoms. The lowest BCUT2D eigenvalue weighted by molar-refractivity contribution is 0.0268. The molecule has 1 aromatic heterocycles. The lowest BCUT2D eigenvalue weighted by atomic mass is 9.77. The molecule has 0 fully saturated rings. The van der Waals surface area contributed by atoms with Gasteiger partial charge in [-0.3, -0.25) is 0 Å². The van der Waals surface area contributed by atoms with Crippen LogP contribution in [0.5, 0.6) is 0 Å². The van der Waals surface area contributed by atoms with E-state index in [9.17, 15) is 5.11 Å². The molecule has 1 atom stereocenters. The maximum atomic E-state index is 10.8. The Morgan fingerprint density at radius 2 is 2.17 bits per heavy atom. The van der Waals surface area contributed by atoms with E-state index >= 15 is 0 Å². The monoisotopic (exact) mass is 322 g/mol. The van der Waals surface area contributed by atoms with E-state index in [4.69, 9.17) is 0 Å². The predicted molar refractivity (Wildman–Crippen MR) is 79.1 cm³/mol. The van der Waals surface area contributed by atoms with E-state index in [1.807, 2.05) is 0 Å². The summed E-state index contributed by atoms with van der Waals surface area (Å²) in [4.78, 5) is 0. The Balaban J connectivity index is 1.83. The van der Waals surface area contributed by atoms with Gasteiger partial charge >= 0.3 is 0 Å². The highest BCUT2D eigenvalue weighted by atomic mass is 79.9. The van der Waals surface area contributed by atoms with Gasteiger partial charge in [0, 0.05) is 17.3 Å². The molecule has 1 aromatic carbocycles. The summed E-state index contributed by atoms with van der Waals surface area (Å²) in [5, 5.41) is 15.0. The minimum Gasteiger partial charge on any atom is -0.389 e. The molecule has 1 unspecified atom stereocenters. The van der Waals surface area contributed by atoms with Crippen LogP contribution in [0, 0.1) is 0 Å². The van der Waals surface area contributed by atoms with Crippen molar-refractivity contribution in [2.24, 2.45) is 0 Å². The summed E-state index contributed by atoms with van der Waals surface area (Å²) in [6.07, 6.45) is 3.36. The largest absolute Gasteiger partial charge is 0.389 e. The van der Waals surface area contributed by atoms with Crippen LogP contribution in [0.2, 0.25) is 0 Å². The van der Waals surface area contributed by atoms with Gasteiger partial charge in [-0.25, -0.2) is 0 Å². The van der Waals surface area contributed by atoms with Crippen molar-refractivity contribution in [1.29, 1.82) is 0 Å². The molecule has 0 aliphatic heterocycles. The Morgan fingerprint density at radius 1 is 1.28 bits per heavy atom. The van der Waals surface area contributed by atoms with Crippen molar-refractivity contribution in [3.05, 3.63) is 56.2 Å². The molecule has 0 amide bonds. The average Bonchev–Trinajstić information content (AvgIpc) is 2.82. The van der Waals surface area contributed by atoms with Gasteiger partial charge in [0.15, 0.2) is 0 Å². The first-order valence-electron chi connectivity index (χ1n) is 6.15. The van der Waals surface area contributed by atoms with Gasteiger partial charge in [0.2, 0.25) is 0 Å². The number of fused-ring (bicyclic) bond motifs is 1. The number of rotatable bonds is 2. The first-order chi connectivity index (χ1) is 8.65. The molecule has 0 bridgehead atoms. The second-order valence-corrected chi connectivity index (χ2v) is 6.82. The molecule has 1 aliphatic carbocycles. The second kappa shape index (κ2) is 4.80. The molecule has 0 radical (unpaired) electrons. The Labute approximate surface area is 120 Å². The third-order valence-corrected chi connectivity index (χ3v) is 4.89. The van der Waals surface area contributed by atoms with E-state index in [2.05, 4.69) is 51.0 Å². The van der Waals surface area contributed by atoms with Crippen LogP contribution in [0.1, 0.15) is 23.1 Å². The number of aliphatic hydroxyl groups is 1. The summed E-state index contributed by atoms with van der Waals surface area (Å²) >= 11 is 5.20. The number of thiophene rings is 1. The van der Waals surface area contributed by atoms with Crippen molar-refractivity contribution in [1.82, 2.24) is 0 Å². The van der Waals surface area contributed by atoms with Crippen LogP contribution in [0.15, 0.2) is 39.5 Å². The maximum absolute atomic E-state index is 10.8. The van der Waals surface area contributed by atoms with Crippen LogP contribution >= 0.6 is 27.3 Å². The highest BCUT2D eigenvalue weighted by Gasteiger charge is 2.32. The molecule has 1 aliphatic rings. The van der Waals surface area contributed by atoms with Crippen LogP contribution in [0.25, 0.3) is 0 Å². The zero-order chi connectivity index (χ0) is 12.6. The van der Waals surface area contributed by atoms with Crippen LogP contribution in [-0.2, 0) is 19.3 Å². The van der Waals surface area contributed by atoms with Gasteiger partial charge in [-0.15, -0.1) is 0 Å². The van der Waals surface area contributed by atoms with Gasteiger partial charge in [-0.1, -0.05) is 22.0 Å². The van der Waals surface area contributed by atoms with Crippen molar-refractivity contribution in [2.75, 3.05) is 0 Å². The standard InChI is InChI=1S/C15H15BrOS/c16-14-2-1-13-9-15(17,5-3-12(13)7-14)8-11-4-6-18-10-11/h1-2,4,6-7,10,17H,3,5,8-9H2. The molecule has 1 heterocycles. The molecule has 3 rings (SSSR count). The van der Waals surface area contributed by atoms with Crippen molar-refractivity contribution >= 4 is 27.3 Å². The maximum Gasteiger partial charge on any atom is 0.0731 e. The molecule has 0 spiro atoms. The normalized spacial score (nSPS) is 22.8. The Morgan fingerprint density at radius 3 is 2.94 bits per heavy atom. The van der Waals surface area contributed by atoms with Crippen molar-refractivity contribution in [3.63, 3.8) is 0 Å². The molecular formula is C15H15BrOS.